The lowest BCUT2D eigenvalue weighted by Gasteiger charge is -2.29. The number of benzene rings is 2. The molecule has 180 valence electrons. The summed E-state index contributed by atoms with van der Waals surface area (Å²) >= 11 is 0. The Morgan fingerprint density at radius 1 is 1.12 bits per heavy atom. The molecule has 0 radical (unpaired) electrons. The molecule has 2 aromatic rings. The molecule has 1 N–H and O–H groups in total. The van der Waals surface area contributed by atoms with Crippen molar-refractivity contribution in [3.63, 3.8) is 0 Å². The lowest BCUT2D eigenvalue weighted by atomic mass is 9.95. The Labute approximate surface area is 190 Å². The second-order valence-electron chi connectivity index (χ2n) is 8.51. The Bertz CT molecular complexity index is 1120. The third-order valence-electron chi connectivity index (χ3n) is 5.65. The highest BCUT2D eigenvalue weighted by Gasteiger charge is 2.57. The number of sulfonamides is 1. The second-order valence-corrected chi connectivity index (χ2v) is 10.6. The van der Waals surface area contributed by atoms with Crippen LogP contribution in [0.2, 0.25) is 0 Å². The molecule has 1 aliphatic rings. The van der Waals surface area contributed by atoms with Gasteiger partial charge in [0.15, 0.2) is 0 Å². The third-order valence-corrected chi connectivity index (χ3v) is 7.03. The number of rotatable bonds is 7. The van der Waals surface area contributed by atoms with Gasteiger partial charge in [-0.05, 0) is 42.2 Å². The van der Waals surface area contributed by atoms with Crippen LogP contribution in [0.25, 0.3) is 11.1 Å². The van der Waals surface area contributed by atoms with Crippen LogP contribution in [0.15, 0.2) is 42.5 Å². The van der Waals surface area contributed by atoms with Crippen LogP contribution in [0.3, 0.4) is 0 Å². The Morgan fingerprint density at radius 3 is 2.33 bits per heavy atom. The number of hydrogen-bond acceptors (Lipinski definition) is 3. The Hall–Kier alpha value is -2.46. The fourth-order valence-corrected chi connectivity index (χ4v) is 4.87. The van der Waals surface area contributed by atoms with Crippen molar-refractivity contribution in [3.05, 3.63) is 59.7 Å². The van der Waals surface area contributed by atoms with E-state index in [2.05, 4.69) is 4.72 Å². The van der Waals surface area contributed by atoms with Crippen molar-refractivity contribution >= 4 is 15.9 Å². The SMILES string of the molecule is CCS(=O)(=O)N[C@@H]1[C@H](Cc2cccc(-c3cc(F)cc(F)c3)c2)N(C(=O)C(C)C)CC1(F)F. The molecule has 0 aromatic heterocycles. The zero-order valence-electron chi connectivity index (χ0n) is 18.5. The number of halogens is 4. The van der Waals surface area contributed by atoms with E-state index in [4.69, 9.17) is 0 Å². The smallest absolute Gasteiger partial charge is 0.283 e. The quantitative estimate of drug-likeness (QED) is 0.602. The van der Waals surface area contributed by atoms with Gasteiger partial charge in [0, 0.05) is 12.0 Å². The van der Waals surface area contributed by atoms with Crippen LogP contribution in [-0.4, -0.2) is 49.5 Å². The second kappa shape index (κ2) is 9.42. The topological polar surface area (TPSA) is 66.5 Å². The van der Waals surface area contributed by atoms with Crippen LogP contribution < -0.4 is 4.72 Å². The van der Waals surface area contributed by atoms with Crippen molar-refractivity contribution in [2.24, 2.45) is 5.92 Å². The maximum atomic E-state index is 14.9. The van der Waals surface area contributed by atoms with Crippen LogP contribution in [0.5, 0.6) is 0 Å². The van der Waals surface area contributed by atoms with Crippen LogP contribution >= 0.6 is 0 Å². The van der Waals surface area contributed by atoms with E-state index in [1.54, 1.807) is 38.1 Å². The minimum Gasteiger partial charge on any atom is -0.331 e. The highest BCUT2D eigenvalue weighted by molar-refractivity contribution is 7.89. The number of likely N-dealkylation sites (tertiary alicyclic amines) is 1. The predicted octanol–water partition coefficient (Wildman–Crippen LogP) is 3.98. The van der Waals surface area contributed by atoms with Gasteiger partial charge in [0.25, 0.3) is 5.92 Å². The summed E-state index contributed by atoms with van der Waals surface area (Å²) < 4.78 is 83.5. The summed E-state index contributed by atoms with van der Waals surface area (Å²) in [4.78, 5) is 13.7. The number of carbonyl (C=O) groups is 1. The van der Waals surface area contributed by atoms with E-state index in [0.29, 0.717) is 11.1 Å². The summed E-state index contributed by atoms with van der Waals surface area (Å²) in [6.45, 7) is 3.60. The van der Waals surface area contributed by atoms with E-state index >= 15 is 0 Å². The zero-order valence-corrected chi connectivity index (χ0v) is 19.3. The average Bonchev–Trinajstić information content (AvgIpc) is 2.96. The monoisotopic (exact) mass is 486 g/mol. The molecule has 2 atom stereocenters. The van der Waals surface area contributed by atoms with Gasteiger partial charge in [0.2, 0.25) is 15.9 Å². The summed E-state index contributed by atoms with van der Waals surface area (Å²) in [5.74, 6) is -6.44. The van der Waals surface area contributed by atoms with Crippen LogP contribution in [0.1, 0.15) is 26.3 Å². The maximum absolute atomic E-state index is 14.9. The molecule has 1 heterocycles. The molecule has 0 saturated carbocycles. The number of carbonyl (C=O) groups excluding carboxylic acids is 1. The summed E-state index contributed by atoms with van der Waals surface area (Å²) in [6, 6.07) is 6.56. The average molecular weight is 487 g/mol. The van der Waals surface area contributed by atoms with Gasteiger partial charge < -0.3 is 4.90 Å². The fraction of sp³-hybridized carbons (Fsp3) is 0.435. The van der Waals surface area contributed by atoms with Gasteiger partial charge in [-0.15, -0.1) is 0 Å². The highest BCUT2D eigenvalue weighted by Crippen LogP contribution is 2.36. The number of amides is 1. The molecule has 0 aliphatic carbocycles. The first-order chi connectivity index (χ1) is 15.3. The normalized spacial score (nSPS) is 20.4. The van der Waals surface area contributed by atoms with Crippen molar-refractivity contribution in [1.29, 1.82) is 0 Å². The van der Waals surface area contributed by atoms with E-state index in [0.717, 1.165) is 23.1 Å². The van der Waals surface area contributed by atoms with Crippen LogP contribution in [0.4, 0.5) is 17.6 Å². The summed E-state index contributed by atoms with van der Waals surface area (Å²) in [6.07, 6.45) is -0.0728. The molecule has 5 nitrogen and oxygen atoms in total. The van der Waals surface area contributed by atoms with E-state index in [-0.39, 0.29) is 17.7 Å². The van der Waals surface area contributed by atoms with Gasteiger partial charge in [0.05, 0.1) is 18.3 Å². The van der Waals surface area contributed by atoms with Crippen molar-refractivity contribution in [3.8, 4) is 11.1 Å². The molecule has 0 unspecified atom stereocenters. The van der Waals surface area contributed by atoms with Crippen LogP contribution in [-0.2, 0) is 21.2 Å². The Balaban J connectivity index is 2.00. The minimum absolute atomic E-state index is 0.0728. The Morgan fingerprint density at radius 2 is 1.76 bits per heavy atom. The van der Waals surface area contributed by atoms with Crippen molar-refractivity contribution in [2.75, 3.05) is 12.3 Å². The zero-order chi connectivity index (χ0) is 24.6. The number of nitrogens with zero attached hydrogens (tertiary/aromatic N) is 1. The largest absolute Gasteiger partial charge is 0.331 e. The summed E-state index contributed by atoms with van der Waals surface area (Å²) in [5.41, 5.74) is 1.25. The molecule has 1 aliphatic heterocycles. The van der Waals surface area contributed by atoms with E-state index in [1.165, 1.54) is 6.92 Å². The fourth-order valence-electron chi connectivity index (χ4n) is 3.99. The van der Waals surface area contributed by atoms with Gasteiger partial charge in [-0.25, -0.2) is 30.7 Å². The molecule has 10 heteroatoms. The standard InChI is InChI=1S/C23H26F4N2O3S/c1-4-33(31,32)28-21-20(29(13-23(21,26)27)22(30)14(2)3)9-15-6-5-7-16(8-15)17-10-18(24)12-19(25)11-17/h5-8,10-12,14,20-21,28H,4,9,13H2,1-3H3/t20-,21+/m0/s1. The molecule has 1 fully saturated rings. The molecular formula is C23H26F4N2O3S. The van der Waals surface area contributed by atoms with Crippen LogP contribution in [0, 0.1) is 17.6 Å². The molecule has 1 amide bonds. The van der Waals surface area contributed by atoms with Crippen molar-refractivity contribution in [2.45, 2.75) is 45.2 Å². The van der Waals surface area contributed by atoms with Crippen molar-refractivity contribution < 1.29 is 30.8 Å². The molecular weight excluding hydrogens is 460 g/mol. The molecule has 0 spiro atoms. The summed E-state index contributed by atoms with van der Waals surface area (Å²) in [7, 11) is -3.98. The van der Waals surface area contributed by atoms with Gasteiger partial charge in [-0.3, -0.25) is 4.79 Å². The van der Waals surface area contributed by atoms with Gasteiger partial charge >= 0.3 is 0 Å². The molecule has 33 heavy (non-hydrogen) atoms. The van der Waals surface area contributed by atoms with Gasteiger partial charge in [-0.2, -0.15) is 0 Å². The first kappa shape index (κ1) is 25.2. The van der Waals surface area contributed by atoms with Gasteiger partial charge in [0.1, 0.15) is 17.7 Å². The number of nitrogens with one attached hydrogen (secondary N) is 1. The highest BCUT2D eigenvalue weighted by atomic mass is 32.2. The molecule has 1 saturated heterocycles. The molecule has 3 rings (SSSR count). The number of hydrogen-bond donors (Lipinski definition) is 1. The third kappa shape index (κ3) is 5.73. The minimum atomic E-state index is -3.98. The Kier molecular flexibility index (Phi) is 7.18. The number of alkyl halides is 2. The van der Waals surface area contributed by atoms with Crippen molar-refractivity contribution in [1.82, 2.24) is 9.62 Å². The lowest BCUT2D eigenvalue weighted by molar-refractivity contribution is -0.136. The maximum Gasteiger partial charge on any atom is 0.283 e. The molecule has 2 aromatic carbocycles. The van der Waals surface area contributed by atoms with Gasteiger partial charge in [-0.1, -0.05) is 38.1 Å². The first-order valence-electron chi connectivity index (χ1n) is 10.6. The summed E-state index contributed by atoms with van der Waals surface area (Å²) in [5, 5.41) is 0. The van der Waals surface area contributed by atoms with E-state index in [9.17, 15) is 30.8 Å². The predicted molar refractivity (Wildman–Crippen MR) is 117 cm³/mol. The van der Waals surface area contributed by atoms with E-state index in [1.807, 2.05) is 0 Å². The molecule has 0 bridgehead atoms. The first-order valence-corrected chi connectivity index (χ1v) is 12.2. The lowest BCUT2D eigenvalue weighted by Crippen LogP contribution is -2.53. The van der Waals surface area contributed by atoms with E-state index < -0.39 is 58.0 Å².